The van der Waals surface area contributed by atoms with Gasteiger partial charge in [0.05, 0.1) is 6.10 Å². The van der Waals surface area contributed by atoms with E-state index in [1.54, 1.807) is 0 Å². The van der Waals surface area contributed by atoms with Crippen LogP contribution in [0.15, 0.2) is 60.7 Å². The molecule has 1 saturated carbocycles. The van der Waals surface area contributed by atoms with Crippen molar-refractivity contribution in [2.75, 3.05) is 0 Å². The van der Waals surface area contributed by atoms with Crippen molar-refractivity contribution < 1.29 is 5.11 Å². The van der Waals surface area contributed by atoms with Crippen molar-refractivity contribution in [3.8, 4) is 0 Å². The molecule has 0 spiro atoms. The van der Waals surface area contributed by atoms with Crippen molar-refractivity contribution in [1.29, 1.82) is 0 Å². The van der Waals surface area contributed by atoms with Crippen LogP contribution in [0.25, 0.3) is 0 Å². The summed E-state index contributed by atoms with van der Waals surface area (Å²) in [7, 11) is 0. The van der Waals surface area contributed by atoms with Crippen LogP contribution in [0, 0.1) is 11.8 Å². The van der Waals surface area contributed by atoms with Crippen molar-refractivity contribution in [3.63, 3.8) is 0 Å². The van der Waals surface area contributed by atoms with Gasteiger partial charge in [0.2, 0.25) is 0 Å². The maximum atomic E-state index is 10.8. The standard InChI is InChI=1S/C20H24O/c1-2-3-14-17-18(15-10-6-4-7-11-15)19(17)20(21)16-12-8-5-9-13-16/h4-13,17-21H,2-3,14H2,1H3/t17-,18-,19-,20-/m1/s1. The van der Waals surface area contributed by atoms with E-state index in [1.807, 2.05) is 30.3 Å². The van der Waals surface area contributed by atoms with Gasteiger partial charge < -0.3 is 5.11 Å². The number of hydrogen-bond donors (Lipinski definition) is 1. The average Bonchev–Trinajstić information content (AvgIpc) is 3.28. The lowest BCUT2D eigenvalue weighted by Gasteiger charge is -2.11. The molecule has 2 aromatic carbocycles. The molecule has 0 bridgehead atoms. The fourth-order valence-electron chi connectivity index (χ4n) is 3.66. The normalized spacial score (nSPS) is 25.5. The second-order valence-electron chi connectivity index (χ2n) is 6.18. The zero-order valence-corrected chi connectivity index (χ0v) is 12.7. The van der Waals surface area contributed by atoms with Crippen LogP contribution >= 0.6 is 0 Å². The van der Waals surface area contributed by atoms with Gasteiger partial charge in [-0.3, -0.25) is 0 Å². The summed E-state index contributed by atoms with van der Waals surface area (Å²) in [6, 6.07) is 20.8. The maximum Gasteiger partial charge on any atom is 0.0827 e. The van der Waals surface area contributed by atoms with Gasteiger partial charge in [0.25, 0.3) is 0 Å². The number of hydrogen-bond acceptors (Lipinski definition) is 1. The first kappa shape index (κ1) is 14.3. The highest BCUT2D eigenvalue weighted by Crippen LogP contribution is 2.61. The first-order chi connectivity index (χ1) is 10.3. The van der Waals surface area contributed by atoms with E-state index in [1.165, 1.54) is 24.8 Å². The highest BCUT2D eigenvalue weighted by molar-refractivity contribution is 5.32. The van der Waals surface area contributed by atoms with Gasteiger partial charge in [-0.25, -0.2) is 0 Å². The molecule has 3 rings (SSSR count). The third kappa shape index (κ3) is 3.03. The Labute approximate surface area is 127 Å². The molecule has 1 fully saturated rings. The number of unbranched alkanes of at least 4 members (excludes halogenated alkanes) is 1. The lowest BCUT2D eigenvalue weighted by atomic mass is 10.0. The maximum absolute atomic E-state index is 10.8. The Morgan fingerprint density at radius 3 is 2.19 bits per heavy atom. The Bertz CT molecular complexity index is 549. The molecule has 21 heavy (non-hydrogen) atoms. The summed E-state index contributed by atoms with van der Waals surface area (Å²) >= 11 is 0. The predicted molar refractivity (Wildman–Crippen MR) is 87.1 cm³/mol. The second kappa shape index (κ2) is 6.44. The molecule has 0 radical (unpaired) electrons. The van der Waals surface area contributed by atoms with Gasteiger partial charge in [0, 0.05) is 0 Å². The molecule has 0 heterocycles. The SMILES string of the molecule is CCCC[C@@H]1[C@@H](c2ccccc2)[C@@H]1[C@H](O)c1ccccc1. The number of aliphatic hydroxyl groups is 1. The van der Waals surface area contributed by atoms with Crippen LogP contribution in [0.4, 0.5) is 0 Å². The number of benzene rings is 2. The van der Waals surface area contributed by atoms with Crippen LogP contribution in [-0.4, -0.2) is 5.11 Å². The molecule has 1 aliphatic carbocycles. The molecule has 0 saturated heterocycles. The molecule has 1 nitrogen and oxygen atoms in total. The summed E-state index contributed by atoms with van der Waals surface area (Å²) in [4.78, 5) is 0. The van der Waals surface area contributed by atoms with Gasteiger partial charge in [-0.15, -0.1) is 0 Å². The Kier molecular flexibility index (Phi) is 4.40. The third-order valence-electron chi connectivity index (χ3n) is 4.81. The third-order valence-corrected chi connectivity index (χ3v) is 4.81. The molecule has 1 aliphatic rings. The topological polar surface area (TPSA) is 20.2 Å². The van der Waals surface area contributed by atoms with E-state index in [2.05, 4.69) is 37.3 Å². The van der Waals surface area contributed by atoms with Crippen molar-refractivity contribution in [3.05, 3.63) is 71.8 Å². The van der Waals surface area contributed by atoms with Crippen molar-refractivity contribution in [1.82, 2.24) is 0 Å². The van der Waals surface area contributed by atoms with Crippen molar-refractivity contribution in [2.45, 2.75) is 38.2 Å². The molecule has 110 valence electrons. The van der Waals surface area contributed by atoms with Crippen LogP contribution in [0.5, 0.6) is 0 Å². The summed E-state index contributed by atoms with van der Waals surface area (Å²) in [5.74, 6) is 1.52. The second-order valence-corrected chi connectivity index (χ2v) is 6.18. The summed E-state index contributed by atoms with van der Waals surface area (Å²) < 4.78 is 0. The van der Waals surface area contributed by atoms with E-state index in [4.69, 9.17) is 0 Å². The molecular formula is C20H24O. The van der Waals surface area contributed by atoms with Gasteiger partial charge in [-0.05, 0) is 35.3 Å². The van der Waals surface area contributed by atoms with Gasteiger partial charge in [-0.1, -0.05) is 80.4 Å². The summed E-state index contributed by atoms with van der Waals surface area (Å²) in [6.07, 6.45) is 3.38. The van der Waals surface area contributed by atoms with Crippen LogP contribution in [0.1, 0.15) is 49.3 Å². The minimum atomic E-state index is -0.335. The summed E-state index contributed by atoms with van der Waals surface area (Å²) in [5.41, 5.74) is 2.45. The van der Waals surface area contributed by atoms with Crippen molar-refractivity contribution in [2.24, 2.45) is 11.8 Å². The quantitative estimate of drug-likeness (QED) is 0.794. The smallest absolute Gasteiger partial charge is 0.0827 e. The Morgan fingerprint density at radius 1 is 0.952 bits per heavy atom. The predicted octanol–water partition coefficient (Wildman–Crippen LogP) is 4.94. The zero-order chi connectivity index (χ0) is 14.7. The molecule has 1 N–H and O–H groups in total. The lowest BCUT2D eigenvalue weighted by Crippen LogP contribution is -2.02. The molecule has 0 amide bonds. The Morgan fingerprint density at radius 2 is 1.57 bits per heavy atom. The molecule has 0 unspecified atom stereocenters. The minimum absolute atomic E-state index is 0.335. The Hall–Kier alpha value is -1.60. The summed E-state index contributed by atoms with van der Waals surface area (Å²) in [5, 5.41) is 10.8. The first-order valence-electron chi connectivity index (χ1n) is 8.11. The van der Waals surface area contributed by atoms with Crippen molar-refractivity contribution >= 4 is 0 Å². The Balaban J connectivity index is 1.79. The largest absolute Gasteiger partial charge is 0.388 e. The van der Waals surface area contributed by atoms with Crippen LogP contribution in [0.2, 0.25) is 0 Å². The highest BCUT2D eigenvalue weighted by atomic mass is 16.3. The first-order valence-corrected chi connectivity index (χ1v) is 8.11. The zero-order valence-electron chi connectivity index (χ0n) is 12.7. The molecule has 2 aromatic rings. The monoisotopic (exact) mass is 280 g/mol. The fraction of sp³-hybridized carbons (Fsp3) is 0.400. The van der Waals surface area contributed by atoms with E-state index in [0.717, 1.165) is 5.56 Å². The molecule has 0 aliphatic heterocycles. The molecule has 4 atom stereocenters. The van der Waals surface area contributed by atoms with Crippen LogP contribution in [0.3, 0.4) is 0 Å². The number of rotatable bonds is 6. The molecule has 0 aromatic heterocycles. The van der Waals surface area contributed by atoms with Gasteiger partial charge in [0.1, 0.15) is 0 Å². The highest BCUT2D eigenvalue weighted by Gasteiger charge is 2.53. The lowest BCUT2D eigenvalue weighted by molar-refractivity contribution is 0.144. The average molecular weight is 280 g/mol. The van der Waals surface area contributed by atoms with E-state index >= 15 is 0 Å². The van der Waals surface area contributed by atoms with E-state index in [9.17, 15) is 5.11 Å². The van der Waals surface area contributed by atoms with E-state index in [-0.39, 0.29) is 6.10 Å². The minimum Gasteiger partial charge on any atom is -0.388 e. The van der Waals surface area contributed by atoms with E-state index in [0.29, 0.717) is 17.8 Å². The number of aliphatic hydroxyl groups excluding tert-OH is 1. The summed E-state index contributed by atoms with van der Waals surface area (Å²) in [6.45, 7) is 2.24. The van der Waals surface area contributed by atoms with Gasteiger partial charge in [-0.2, -0.15) is 0 Å². The van der Waals surface area contributed by atoms with E-state index < -0.39 is 0 Å². The van der Waals surface area contributed by atoms with Crippen LogP contribution < -0.4 is 0 Å². The fourth-order valence-corrected chi connectivity index (χ4v) is 3.66. The molecule has 1 heteroatoms. The van der Waals surface area contributed by atoms with Crippen LogP contribution in [-0.2, 0) is 0 Å². The molecular weight excluding hydrogens is 256 g/mol. The van der Waals surface area contributed by atoms with Gasteiger partial charge in [0.15, 0.2) is 0 Å². The van der Waals surface area contributed by atoms with Gasteiger partial charge >= 0.3 is 0 Å².